The number of fused-ring (bicyclic) bond motifs is 5. The SMILES string of the molecule is Cc1nc2sc3c(c2c(C)c1Cc1ccc(C#N)cc1)N=CN1CCCN=C31. The van der Waals surface area contributed by atoms with Crippen LogP contribution in [-0.2, 0) is 6.42 Å². The number of aryl methyl sites for hydroxylation is 2. The molecule has 138 valence electrons. The molecule has 0 bridgehead atoms. The maximum atomic E-state index is 9.01. The summed E-state index contributed by atoms with van der Waals surface area (Å²) < 4.78 is 0. The highest BCUT2D eigenvalue weighted by molar-refractivity contribution is 7.21. The lowest BCUT2D eigenvalue weighted by atomic mass is 9.96. The Morgan fingerprint density at radius 1 is 1.21 bits per heavy atom. The van der Waals surface area contributed by atoms with Crippen molar-refractivity contribution in [2.75, 3.05) is 13.1 Å². The van der Waals surface area contributed by atoms with E-state index in [-0.39, 0.29) is 0 Å². The number of benzene rings is 1. The summed E-state index contributed by atoms with van der Waals surface area (Å²) in [4.78, 5) is 18.8. The molecule has 0 aliphatic carbocycles. The summed E-state index contributed by atoms with van der Waals surface area (Å²) in [6.45, 7) is 6.11. The van der Waals surface area contributed by atoms with Gasteiger partial charge in [-0.2, -0.15) is 5.26 Å². The molecule has 6 heteroatoms. The van der Waals surface area contributed by atoms with Crippen molar-refractivity contribution in [1.29, 1.82) is 5.26 Å². The Morgan fingerprint density at radius 3 is 2.82 bits per heavy atom. The Bertz CT molecular complexity index is 1190. The summed E-state index contributed by atoms with van der Waals surface area (Å²) >= 11 is 1.70. The molecule has 0 spiro atoms. The number of rotatable bonds is 2. The van der Waals surface area contributed by atoms with E-state index in [1.54, 1.807) is 11.3 Å². The van der Waals surface area contributed by atoms with Crippen molar-refractivity contribution in [1.82, 2.24) is 9.88 Å². The number of nitriles is 1. The molecule has 0 saturated carbocycles. The summed E-state index contributed by atoms with van der Waals surface area (Å²) in [6, 6.07) is 9.97. The van der Waals surface area contributed by atoms with E-state index in [1.165, 1.54) is 16.7 Å². The Kier molecular flexibility index (Phi) is 3.99. The Hall–Kier alpha value is -3.04. The van der Waals surface area contributed by atoms with Crippen molar-refractivity contribution in [3.05, 3.63) is 57.1 Å². The van der Waals surface area contributed by atoms with Crippen LogP contribution >= 0.6 is 11.3 Å². The number of amidine groups is 1. The summed E-state index contributed by atoms with van der Waals surface area (Å²) in [5.74, 6) is 1.05. The van der Waals surface area contributed by atoms with Crippen LogP contribution in [0, 0.1) is 25.2 Å². The van der Waals surface area contributed by atoms with Gasteiger partial charge in [0.1, 0.15) is 10.7 Å². The van der Waals surface area contributed by atoms with Crippen LogP contribution in [0.5, 0.6) is 0 Å². The maximum Gasteiger partial charge on any atom is 0.148 e. The summed E-state index contributed by atoms with van der Waals surface area (Å²) in [5.41, 5.74) is 6.42. The van der Waals surface area contributed by atoms with E-state index >= 15 is 0 Å². The minimum Gasteiger partial charge on any atom is -0.316 e. The molecule has 5 nitrogen and oxygen atoms in total. The van der Waals surface area contributed by atoms with E-state index in [0.29, 0.717) is 5.56 Å². The van der Waals surface area contributed by atoms with E-state index in [9.17, 15) is 0 Å². The van der Waals surface area contributed by atoms with Gasteiger partial charge in [0, 0.05) is 24.2 Å². The van der Waals surface area contributed by atoms with Crippen molar-refractivity contribution in [3.63, 3.8) is 0 Å². The van der Waals surface area contributed by atoms with E-state index < -0.39 is 0 Å². The molecule has 2 aliphatic rings. The lowest BCUT2D eigenvalue weighted by Crippen LogP contribution is -2.36. The molecule has 0 amide bonds. The van der Waals surface area contributed by atoms with Crippen LogP contribution in [0.1, 0.15) is 39.2 Å². The first-order valence-electron chi connectivity index (χ1n) is 9.43. The summed E-state index contributed by atoms with van der Waals surface area (Å²) in [6.07, 6.45) is 3.79. The quantitative estimate of drug-likeness (QED) is 0.652. The van der Waals surface area contributed by atoms with Gasteiger partial charge in [-0.05, 0) is 55.5 Å². The molecule has 3 aromatic rings. The highest BCUT2D eigenvalue weighted by Crippen LogP contribution is 2.43. The van der Waals surface area contributed by atoms with Crippen molar-refractivity contribution >= 4 is 39.4 Å². The molecule has 0 radical (unpaired) electrons. The van der Waals surface area contributed by atoms with Crippen LogP contribution < -0.4 is 0 Å². The van der Waals surface area contributed by atoms with Crippen LogP contribution in [0.15, 0.2) is 34.3 Å². The van der Waals surface area contributed by atoms with Gasteiger partial charge in [-0.3, -0.25) is 4.99 Å². The van der Waals surface area contributed by atoms with Crippen LogP contribution in [0.3, 0.4) is 0 Å². The first-order chi connectivity index (χ1) is 13.7. The second-order valence-electron chi connectivity index (χ2n) is 7.24. The molecule has 2 aliphatic heterocycles. The third-order valence-corrected chi connectivity index (χ3v) is 6.55. The smallest absolute Gasteiger partial charge is 0.148 e. The summed E-state index contributed by atoms with van der Waals surface area (Å²) in [5, 5.41) is 10.2. The Balaban J connectivity index is 1.64. The number of hydrogen-bond donors (Lipinski definition) is 0. The minimum absolute atomic E-state index is 0.685. The lowest BCUT2D eigenvalue weighted by Gasteiger charge is -2.27. The van der Waals surface area contributed by atoms with E-state index in [4.69, 9.17) is 20.2 Å². The predicted molar refractivity (Wildman–Crippen MR) is 114 cm³/mol. The number of thiophene rings is 1. The lowest BCUT2D eigenvalue weighted by molar-refractivity contribution is 0.559. The van der Waals surface area contributed by atoms with Gasteiger partial charge in [0.2, 0.25) is 0 Å². The molecule has 2 aromatic heterocycles. The maximum absolute atomic E-state index is 9.01. The molecule has 5 rings (SSSR count). The molecule has 0 fully saturated rings. The van der Waals surface area contributed by atoms with E-state index in [2.05, 4.69) is 24.8 Å². The number of pyridine rings is 1. The Labute approximate surface area is 167 Å². The second-order valence-corrected chi connectivity index (χ2v) is 8.24. The fourth-order valence-corrected chi connectivity index (χ4v) is 5.22. The third kappa shape index (κ3) is 2.62. The molecular weight excluding hydrogens is 366 g/mol. The van der Waals surface area contributed by atoms with Crippen LogP contribution in [0.2, 0.25) is 0 Å². The van der Waals surface area contributed by atoms with Gasteiger partial charge in [0.05, 0.1) is 28.5 Å². The van der Waals surface area contributed by atoms with Crippen molar-refractivity contribution < 1.29 is 0 Å². The fourth-order valence-electron chi connectivity index (χ4n) is 3.97. The summed E-state index contributed by atoms with van der Waals surface area (Å²) in [7, 11) is 0. The van der Waals surface area contributed by atoms with Crippen LogP contribution in [-0.4, -0.2) is 35.1 Å². The average molecular weight is 385 g/mol. The average Bonchev–Trinajstić information content (AvgIpc) is 3.10. The van der Waals surface area contributed by atoms with E-state index in [0.717, 1.165) is 58.2 Å². The molecule has 0 unspecified atom stereocenters. The molecule has 4 heterocycles. The predicted octanol–water partition coefficient (Wildman–Crippen LogP) is 4.50. The first-order valence-corrected chi connectivity index (χ1v) is 10.2. The number of nitrogens with zero attached hydrogens (tertiary/aromatic N) is 5. The van der Waals surface area contributed by atoms with Gasteiger partial charge < -0.3 is 4.90 Å². The third-order valence-electron chi connectivity index (χ3n) is 5.48. The van der Waals surface area contributed by atoms with Crippen molar-refractivity contribution in [3.8, 4) is 6.07 Å². The largest absolute Gasteiger partial charge is 0.316 e. The van der Waals surface area contributed by atoms with Gasteiger partial charge in [-0.15, -0.1) is 11.3 Å². The molecular formula is C22H19N5S. The van der Waals surface area contributed by atoms with Gasteiger partial charge in [0.15, 0.2) is 0 Å². The first kappa shape index (κ1) is 17.1. The van der Waals surface area contributed by atoms with Crippen LogP contribution in [0.4, 0.5) is 5.69 Å². The van der Waals surface area contributed by atoms with Crippen molar-refractivity contribution in [2.45, 2.75) is 26.7 Å². The van der Waals surface area contributed by atoms with Gasteiger partial charge >= 0.3 is 0 Å². The molecule has 1 aromatic carbocycles. The van der Waals surface area contributed by atoms with Gasteiger partial charge in [-0.25, -0.2) is 9.98 Å². The normalized spacial score (nSPS) is 15.2. The number of hydrogen-bond acceptors (Lipinski definition) is 6. The fraction of sp³-hybridized carbons (Fsp3) is 0.273. The molecule has 0 N–H and O–H groups in total. The second kappa shape index (κ2) is 6.54. The van der Waals surface area contributed by atoms with Gasteiger partial charge in [-0.1, -0.05) is 12.1 Å². The van der Waals surface area contributed by atoms with Gasteiger partial charge in [0.25, 0.3) is 0 Å². The Morgan fingerprint density at radius 2 is 2.04 bits per heavy atom. The van der Waals surface area contributed by atoms with Crippen molar-refractivity contribution in [2.24, 2.45) is 9.98 Å². The number of aliphatic imine (C=N–C) groups is 2. The topological polar surface area (TPSA) is 64.6 Å². The zero-order chi connectivity index (χ0) is 19.3. The number of aromatic nitrogens is 1. The van der Waals surface area contributed by atoms with E-state index in [1.807, 2.05) is 30.6 Å². The molecule has 0 saturated heterocycles. The molecule has 0 atom stereocenters. The zero-order valence-corrected chi connectivity index (χ0v) is 16.7. The highest BCUT2D eigenvalue weighted by atomic mass is 32.1. The zero-order valence-electron chi connectivity index (χ0n) is 15.9. The minimum atomic E-state index is 0.685. The monoisotopic (exact) mass is 385 g/mol. The van der Waals surface area contributed by atoms with Crippen LogP contribution in [0.25, 0.3) is 10.2 Å². The molecule has 28 heavy (non-hydrogen) atoms. The highest BCUT2D eigenvalue weighted by Gasteiger charge is 2.28. The standard InChI is InChI=1S/C22H19N5S/c1-13-17(10-15-4-6-16(11-23)7-5-15)14(2)26-22-18(13)19-20(28-22)21-24-8-3-9-27(21)12-25-19/h4-7,12H,3,8-10H2,1-2H3.